The first kappa shape index (κ1) is 14.7. The molecule has 1 aromatic heterocycles. The van der Waals surface area contributed by atoms with Gasteiger partial charge in [0.15, 0.2) is 5.69 Å². The predicted octanol–water partition coefficient (Wildman–Crippen LogP) is 4.92. The Balaban J connectivity index is 2.25. The van der Waals surface area contributed by atoms with Gasteiger partial charge in [-0.1, -0.05) is 23.7 Å². The molecule has 0 saturated heterocycles. The Labute approximate surface area is 119 Å². The highest BCUT2D eigenvalue weighted by Crippen LogP contribution is 2.35. The summed E-state index contributed by atoms with van der Waals surface area (Å²) in [6, 6.07) is 9.24. The first-order valence-electron chi connectivity index (χ1n) is 5.70. The zero-order chi connectivity index (χ0) is 14.8. The second-order valence-corrected chi connectivity index (χ2v) is 4.38. The van der Waals surface area contributed by atoms with Crippen molar-refractivity contribution in [2.45, 2.75) is 12.6 Å². The molecule has 0 atom stereocenters. The minimum absolute atomic E-state index is 0.163. The van der Waals surface area contributed by atoms with Gasteiger partial charge in [-0.25, -0.2) is 4.98 Å². The van der Waals surface area contributed by atoms with Crippen LogP contribution in [0.2, 0.25) is 5.02 Å². The number of hydrogen-bond donors (Lipinski definition) is 0. The Hall–Kier alpha value is -1.75. The molecule has 0 unspecified atom stereocenters. The number of alkyl halides is 3. The molecule has 20 heavy (non-hydrogen) atoms. The van der Waals surface area contributed by atoms with E-state index in [1.165, 1.54) is 6.07 Å². The molecule has 105 valence electrons. The molecule has 0 saturated carbocycles. The maximum atomic E-state index is 12.7. The number of ether oxygens (including phenoxy) is 1. The molecule has 1 radical (unpaired) electrons. The van der Waals surface area contributed by atoms with Gasteiger partial charge in [-0.2, -0.15) is 13.2 Å². The van der Waals surface area contributed by atoms with Gasteiger partial charge in [0.1, 0.15) is 5.75 Å². The Morgan fingerprint density at radius 3 is 2.30 bits per heavy atom. The van der Waals surface area contributed by atoms with Crippen molar-refractivity contribution >= 4 is 11.6 Å². The van der Waals surface area contributed by atoms with Crippen molar-refractivity contribution in [3.05, 3.63) is 59.6 Å². The molecule has 0 aliphatic heterocycles. The molecular formula is C14H10ClF3NO. The lowest BCUT2D eigenvalue weighted by atomic mass is 10.2. The summed E-state index contributed by atoms with van der Waals surface area (Å²) in [6.07, 6.45) is -3.99. The summed E-state index contributed by atoms with van der Waals surface area (Å²) in [5.74, 6) is 0.231. The highest BCUT2D eigenvalue weighted by molar-refractivity contribution is 6.31. The molecule has 0 bridgehead atoms. The topological polar surface area (TPSA) is 22.1 Å². The minimum Gasteiger partial charge on any atom is -0.439 e. The lowest BCUT2D eigenvalue weighted by Crippen LogP contribution is -2.09. The largest absolute Gasteiger partial charge is 0.439 e. The van der Waals surface area contributed by atoms with E-state index in [9.17, 15) is 13.2 Å². The van der Waals surface area contributed by atoms with Gasteiger partial charge in [0.05, 0.1) is 5.02 Å². The van der Waals surface area contributed by atoms with E-state index < -0.39 is 16.9 Å². The molecule has 0 N–H and O–H groups in total. The van der Waals surface area contributed by atoms with E-state index in [0.717, 1.165) is 11.6 Å². The number of rotatable bonds is 3. The number of halogens is 4. The highest BCUT2D eigenvalue weighted by Gasteiger charge is 2.35. The summed E-state index contributed by atoms with van der Waals surface area (Å²) in [6.45, 7) is 3.73. The summed E-state index contributed by atoms with van der Waals surface area (Å²) in [7, 11) is 0. The monoisotopic (exact) mass is 300 g/mol. The van der Waals surface area contributed by atoms with Crippen LogP contribution in [0.4, 0.5) is 13.2 Å². The summed E-state index contributed by atoms with van der Waals surface area (Å²) < 4.78 is 43.2. The first-order chi connectivity index (χ1) is 9.40. The van der Waals surface area contributed by atoms with E-state index in [0.29, 0.717) is 12.2 Å². The van der Waals surface area contributed by atoms with Gasteiger partial charge in [-0.05, 0) is 37.1 Å². The quantitative estimate of drug-likeness (QED) is 0.802. The highest BCUT2D eigenvalue weighted by atomic mass is 35.5. The van der Waals surface area contributed by atoms with Gasteiger partial charge in [0.25, 0.3) is 0 Å². The fourth-order valence-electron chi connectivity index (χ4n) is 1.52. The molecular weight excluding hydrogens is 291 g/mol. The van der Waals surface area contributed by atoms with Crippen LogP contribution in [-0.4, -0.2) is 4.98 Å². The van der Waals surface area contributed by atoms with E-state index in [-0.39, 0.29) is 5.88 Å². The van der Waals surface area contributed by atoms with Gasteiger partial charge >= 0.3 is 6.18 Å². The summed E-state index contributed by atoms with van der Waals surface area (Å²) in [5.41, 5.74) is -0.163. The molecule has 2 nitrogen and oxygen atoms in total. The van der Waals surface area contributed by atoms with Crippen LogP contribution in [0, 0.1) is 6.92 Å². The molecule has 0 aliphatic rings. The van der Waals surface area contributed by atoms with Crippen LogP contribution in [0.3, 0.4) is 0 Å². The minimum atomic E-state index is -4.62. The van der Waals surface area contributed by atoms with E-state index in [4.69, 9.17) is 16.3 Å². The van der Waals surface area contributed by atoms with Gasteiger partial charge in [0.2, 0.25) is 5.88 Å². The van der Waals surface area contributed by atoms with Crippen LogP contribution < -0.4 is 4.74 Å². The molecule has 0 spiro atoms. The molecule has 0 amide bonds. The number of aromatic nitrogens is 1. The predicted molar refractivity (Wildman–Crippen MR) is 69.8 cm³/mol. The lowest BCUT2D eigenvalue weighted by Gasteiger charge is -2.10. The van der Waals surface area contributed by atoms with E-state index in [2.05, 4.69) is 11.9 Å². The average molecular weight is 301 g/mol. The molecule has 2 rings (SSSR count). The summed E-state index contributed by atoms with van der Waals surface area (Å²) >= 11 is 5.48. The molecule has 1 aromatic carbocycles. The molecule has 6 heteroatoms. The first-order valence-corrected chi connectivity index (χ1v) is 6.07. The summed E-state index contributed by atoms with van der Waals surface area (Å²) in [5, 5.41) is -0.461. The van der Waals surface area contributed by atoms with Crippen LogP contribution in [0.15, 0.2) is 36.4 Å². The molecule has 0 fully saturated rings. The Bertz CT molecular complexity index is 596. The number of pyridine rings is 1. The zero-order valence-corrected chi connectivity index (χ0v) is 11.0. The van der Waals surface area contributed by atoms with Gasteiger partial charge in [-0.15, -0.1) is 0 Å². The van der Waals surface area contributed by atoms with Crippen molar-refractivity contribution in [2.75, 3.05) is 0 Å². The van der Waals surface area contributed by atoms with Gasteiger partial charge in [-0.3, -0.25) is 0 Å². The third-order valence-electron chi connectivity index (χ3n) is 2.52. The van der Waals surface area contributed by atoms with Gasteiger partial charge in [0, 0.05) is 6.07 Å². The molecule has 0 aliphatic carbocycles. The SMILES string of the molecule is [CH2]Cc1ccc(Oc2ccc(Cl)c(C(F)(F)F)n2)cc1. The zero-order valence-electron chi connectivity index (χ0n) is 10.2. The number of hydrogen-bond acceptors (Lipinski definition) is 2. The average Bonchev–Trinajstić information content (AvgIpc) is 2.40. The Morgan fingerprint density at radius 1 is 1.10 bits per heavy atom. The van der Waals surface area contributed by atoms with Crippen molar-refractivity contribution in [1.82, 2.24) is 4.98 Å². The van der Waals surface area contributed by atoms with Crippen molar-refractivity contribution in [3.63, 3.8) is 0 Å². The second kappa shape index (κ2) is 5.71. The van der Waals surface area contributed by atoms with Crippen LogP contribution in [0.25, 0.3) is 0 Å². The summed E-state index contributed by atoms with van der Waals surface area (Å²) in [4.78, 5) is 3.39. The smallest absolute Gasteiger partial charge is 0.434 e. The van der Waals surface area contributed by atoms with Crippen LogP contribution in [0.5, 0.6) is 11.6 Å². The number of benzene rings is 1. The van der Waals surface area contributed by atoms with Crippen molar-refractivity contribution in [3.8, 4) is 11.6 Å². The fraction of sp³-hybridized carbons (Fsp3) is 0.143. The second-order valence-electron chi connectivity index (χ2n) is 3.97. The lowest BCUT2D eigenvalue weighted by molar-refractivity contribution is -0.141. The molecule has 2 aromatic rings. The van der Waals surface area contributed by atoms with E-state index in [1.54, 1.807) is 24.3 Å². The van der Waals surface area contributed by atoms with Crippen LogP contribution in [-0.2, 0) is 12.6 Å². The fourth-order valence-corrected chi connectivity index (χ4v) is 1.74. The maximum Gasteiger partial charge on any atom is 0.434 e. The van der Waals surface area contributed by atoms with Crippen LogP contribution >= 0.6 is 11.6 Å². The van der Waals surface area contributed by atoms with E-state index in [1.807, 2.05) is 0 Å². The van der Waals surface area contributed by atoms with E-state index >= 15 is 0 Å². The maximum absolute atomic E-state index is 12.7. The third-order valence-corrected chi connectivity index (χ3v) is 2.83. The van der Waals surface area contributed by atoms with Gasteiger partial charge < -0.3 is 4.74 Å². The Kier molecular flexibility index (Phi) is 4.18. The van der Waals surface area contributed by atoms with Crippen molar-refractivity contribution < 1.29 is 17.9 Å². The van der Waals surface area contributed by atoms with Crippen molar-refractivity contribution in [1.29, 1.82) is 0 Å². The Morgan fingerprint density at radius 2 is 1.75 bits per heavy atom. The number of nitrogens with zero attached hydrogens (tertiary/aromatic N) is 1. The molecule has 1 heterocycles. The van der Waals surface area contributed by atoms with Crippen molar-refractivity contribution in [2.24, 2.45) is 0 Å². The van der Waals surface area contributed by atoms with Crippen LogP contribution in [0.1, 0.15) is 11.3 Å². The standard InChI is InChI=1S/C14H10ClF3NO/c1-2-9-3-5-10(6-4-9)20-12-8-7-11(15)13(19-12)14(16,17)18/h3-8H,1-2H2. The normalized spacial score (nSPS) is 11.4. The third kappa shape index (κ3) is 3.42.